The summed E-state index contributed by atoms with van der Waals surface area (Å²) >= 11 is 6.27. The molecular formula is C33H34ClNO5S. The highest BCUT2D eigenvalue weighted by Crippen LogP contribution is 2.47. The Kier molecular flexibility index (Phi) is 9.02. The number of aromatic nitrogens is 1. The van der Waals surface area contributed by atoms with Crippen molar-refractivity contribution in [2.75, 3.05) is 0 Å². The number of hydrogen-bond acceptors (Lipinski definition) is 6. The van der Waals surface area contributed by atoms with E-state index in [1.165, 1.54) is 18.3 Å². The van der Waals surface area contributed by atoms with Crippen LogP contribution in [0.3, 0.4) is 0 Å². The molecule has 0 fully saturated rings. The first kappa shape index (κ1) is 30.4. The van der Waals surface area contributed by atoms with Gasteiger partial charge < -0.3 is 9.84 Å². The minimum Gasteiger partial charge on any atom is -0.438 e. The Morgan fingerprint density at radius 1 is 0.951 bits per heavy atom. The van der Waals surface area contributed by atoms with Gasteiger partial charge in [-0.25, -0.2) is 13.4 Å². The van der Waals surface area contributed by atoms with E-state index in [-0.39, 0.29) is 32.9 Å². The minimum absolute atomic E-state index is 0.0305. The zero-order chi connectivity index (χ0) is 29.8. The van der Waals surface area contributed by atoms with Crippen molar-refractivity contribution in [3.05, 3.63) is 113 Å². The average Bonchev–Trinajstić information content (AvgIpc) is 2.95. The number of aldehydes is 1. The Morgan fingerprint density at radius 2 is 1.66 bits per heavy atom. The summed E-state index contributed by atoms with van der Waals surface area (Å²) in [5, 5.41) is 12.6. The quantitative estimate of drug-likeness (QED) is 0.188. The van der Waals surface area contributed by atoms with Gasteiger partial charge in [0.25, 0.3) is 0 Å². The zero-order valence-electron chi connectivity index (χ0n) is 23.5. The molecule has 0 amide bonds. The van der Waals surface area contributed by atoms with E-state index < -0.39 is 20.9 Å². The fraction of sp³-hybridized carbons (Fsp3) is 0.273. The van der Waals surface area contributed by atoms with Crippen LogP contribution in [0.1, 0.15) is 67.9 Å². The molecule has 2 atom stereocenters. The van der Waals surface area contributed by atoms with Crippen LogP contribution >= 0.6 is 11.6 Å². The largest absolute Gasteiger partial charge is 0.438 e. The monoisotopic (exact) mass is 591 g/mol. The zero-order valence-corrected chi connectivity index (χ0v) is 25.1. The first-order valence-corrected chi connectivity index (χ1v) is 15.3. The topological polar surface area (TPSA) is 93.6 Å². The van der Waals surface area contributed by atoms with E-state index in [0.717, 1.165) is 17.5 Å². The number of halogens is 1. The Hall–Kier alpha value is -3.52. The first-order valence-electron chi connectivity index (χ1n) is 13.4. The Bertz CT molecular complexity index is 1630. The molecule has 4 aromatic rings. The third-order valence-electron chi connectivity index (χ3n) is 7.50. The summed E-state index contributed by atoms with van der Waals surface area (Å²) < 4.78 is 32.7. The lowest BCUT2D eigenvalue weighted by Crippen LogP contribution is -2.41. The molecule has 0 saturated heterocycles. The number of aliphatic hydroxyl groups is 1. The van der Waals surface area contributed by atoms with Crippen molar-refractivity contribution < 1.29 is 23.1 Å². The molecular weight excluding hydrogens is 558 g/mol. The van der Waals surface area contributed by atoms with E-state index in [9.17, 15) is 18.3 Å². The second-order valence-electron chi connectivity index (χ2n) is 11.1. The maximum Gasteiger partial charge on any atom is 0.229 e. The molecule has 6 nitrogen and oxygen atoms in total. The van der Waals surface area contributed by atoms with Crippen LogP contribution in [0.5, 0.6) is 11.6 Å². The van der Waals surface area contributed by atoms with Crippen LogP contribution in [0.4, 0.5) is 0 Å². The van der Waals surface area contributed by atoms with Gasteiger partial charge >= 0.3 is 0 Å². The number of carbonyl (C=O) groups is 1. The number of hydrogen-bond donors (Lipinski definition) is 1. The molecule has 1 aromatic heterocycles. The summed E-state index contributed by atoms with van der Waals surface area (Å²) in [6, 6.07) is 23.4. The third-order valence-corrected chi connectivity index (χ3v) is 9.50. The van der Waals surface area contributed by atoms with E-state index in [1.807, 2.05) is 45.0 Å². The molecule has 0 aliphatic rings. The molecule has 0 aliphatic carbocycles. The average molecular weight is 592 g/mol. The number of ether oxygens (including phenoxy) is 1. The molecule has 3 aromatic carbocycles. The fourth-order valence-corrected chi connectivity index (χ4v) is 6.39. The molecule has 0 saturated carbocycles. The van der Waals surface area contributed by atoms with Crippen LogP contribution in [-0.2, 0) is 15.4 Å². The van der Waals surface area contributed by atoms with Gasteiger partial charge in [0, 0.05) is 11.2 Å². The maximum absolute atomic E-state index is 13.5. The number of carbonyl (C=O) groups excluding carboxylic acids is 1. The van der Waals surface area contributed by atoms with E-state index in [1.54, 1.807) is 48.5 Å². The summed E-state index contributed by atoms with van der Waals surface area (Å²) in [4.78, 5) is 15.6. The van der Waals surface area contributed by atoms with E-state index in [4.69, 9.17) is 16.3 Å². The summed E-state index contributed by atoms with van der Waals surface area (Å²) in [5.74, 6) is 0.315. The van der Waals surface area contributed by atoms with Gasteiger partial charge in [-0.15, -0.1) is 0 Å². The van der Waals surface area contributed by atoms with Crippen LogP contribution in [0.15, 0.2) is 101 Å². The lowest BCUT2D eigenvalue weighted by molar-refractivity contribution is -0.0766. The van der Waals surface area contributed by atoms with Crippen LogP contribution in [-0.4, -0.2) is 24.8 Å². The highest BCUT2D eigenvalue weighted by molar-refractivity contribution is 7.91. The second kappa shape index (κ2) is 12.1. The summed E-state index contributed by atoms with van der Waals surface area (Å²) in [5.41, 5.74) is 0.299. The van der Waals surface area contributed by atoms with Gasteiger partial charge in [-0.1, -0.05) is 69.6 Å². The van der Waals surface area contributed by atoms with Crippen molar-refractivity contribution in [2.45, 2.75) is 61.8 Å². The van der Waals surface area contributed by atoms with Crippen LogP contribution in [0, 0.1) is 5.41 Å². The van der Waals surface area contributed by atoms with Crippen molar-refractivity contribution in [2.24, 2.45) is 5.41 Å². The smallest absolute Gasteiger partial charge is 0.229 e. The lowest BCUT2D eigenvalue weighted by atomic mass is 9.67. The number of rotatable bonds is 10. The van der Waals surface area contributed by atoms with Crippen LogP contribution in [0.2, 0.25) is 5.02 Å². The number of pyridine rings is 1. The van der Waals surface area contributed by atoms with Crippen molar-refractivity contribution >= 4 is 27.7 Å². The van der Waals surface area contributed by atoms with Gasteiger partial charge in [0.15, 0.2) is 6.29 Å². The predicted molar refractivity (Wildman–Crippen MR) is 160 cm³/mol. The molecule has 0 spiro atoms. The van der Waals surface area contributed by atoms with Crippen molar-refractivity contribution in [3.63, 3.8) is 0 Å². The molecule has 214 valence electrons. The molecule has 41 heavy (non-hydrogen) atoms. The summed E-state index contributed by atoms with van der Waals surface area (Å²) in [7, 11) is -3.86. The van der Waals surface area contributed by atoms with E-state index in [2.05, 4.69) is 11.9 Å². The normalized spacial score (nSPS) is 14.2. The maximum atomic E-state index is 13.5. The molecule has 1 heterocycles. The van der Waals surface area contributed by atoms with Gasteiger partial charge in [-0.05, 0) is 89.9 Å². The molecule has 8 heteroatoms. The minimum atomic E-state index is -3.86. The number of benzene rings is 3. The standard InChI is InChI=1S/C33H34ClNO5S/c1-5-23(21-33(37,32(2,3)4)26-10-6-11-27(34)19-26)24-14-16-29(17-15-24)41(38,39)30-13-7-12-28(20-30)40-31-25(22-36)9-8-18-35-31/h6-20,22-23,37H,5,21H2,1-4H3/t23?,33-/m0/s1. The summed E-state index contributed by atoms with van der Waals surface area (Å²) in [6.07, 6.45) is 3.31. The highest BCUT2D eigenvalue weighted by Gasteiger charge is 2.43. The van der Waals surface area contributed by atoms with Gasteiger partial charge in [0.05, 0.1) is 21.0 Å². The van der Waals surface area contributed by atoms with Gasteiger partial charge in [-0.2, -0.15) is 0 Å². The van der Waals surface area contributed by atoms with E-state index in [0.29, 0.717) is 17.7 Å². The Labute approximate surface area is 246 Å². The molecule has 0 bridgehead atoms. The van der Waals surface area contributed by atoms with Crippen molar-refractivity contribution in [1.82, 2.24) is 4.98 Å². The molecule has 0 aliphatic heterocycles. The van der Waals surface area contributed by atoms with Gasteiger partial charge in [0.1, 0.15) is 5.75 Å². The van der Waals surface area contributed by atoms with E-state index >= 15 is 0 Å². The summed E-state index contributed by atoms with van der Waals surface area (Å²) in [6.45, 7) is 8.06. The second-order valence-corrected chi connectivity index (χ2v) is 13.5. The first-order chi connectivity index (χ1) is 19.4. The Morgan fingerprint density at radius 3 is 2.29 bits per heavy atom. The molecule has 1 N–H and O–H groups in total. The lowest BCUT2D eigenvalue weighted by Gasteiger charge is -2.43. The van der Waals surface area contributed by atoms with Gasteiger partial charge in [0.2, 0.25) is 15.7 Å². The number of nitrogens with zero attached hydrogens (tertiary/aromatic N) is 1. The third kappa shape index (κ3) is 6.53. The van der Waals surface area contributed by atoms with Crippen molar-refractivity contribution in [3.8, 4) is 11.6 Å². The molecule has 0 radical (unpaired) electrons. The Balaban J connectivity index is 1.60. The van der Waals surface area contributed by atoms with Crippen LogP contribution in [0.25, 0.3) is 0 Å². The van der Waals surface area contributed by atoms with Crippen LogP contribution < -0.4 is 4.74 Å². The highest BCUT2D eigenvalue weighted by atomic mass is 35.5. The van der Waals surface area contributed by atoms with Gasteiger partial charge in [-0.3, -0.25) is 4.79 Å². The van der Waals surface area contributed by atoms with Crippen molar-refractivity contribution in [1.29, 1.82) is 0 Å². The molecule has 1 unspecified atom stereocenters. The molecule has 4 rings (SSSR count). The fourth-order valence-electron chi connectivity index (χ4n) is 4.91. The predicted octanol–water partition coefficient (Wildman–Crippen LogP) is 7.99. The SMILES string of the molecule is CCC(C[C@](O)(c1cccc(Cl)c1)C(C)(C)C)c1ccc(S(=O)(=O)c2cccc(Oc3ncccc3C=O)c2)cc1. The number of sulfone groups is 1.